The molecule has 0 spiro atoms. The molecule has 4 nitrogen and oxygen atoms in total. The maximum Gasteiger partial charge on any atom is 0.534 e. The van der Waals surface area contributed by atoms with Crippen molar-refractivity contribution < 1.29 is 25.8 Å². The van der Waals surface area contributed by atoms with Crippen LogP contribution < -0.4 is 4.18 Å². The highest BCUT2D eigenvalue weighted by molar-refractivity contribution is 7.88. The fourth-order valence-corrected chi connectivity index (χ4v) is 4.42. The zero-order chi connectivity index (χ0) is 21.5. The number of rotatable bonds is 9. The van der Waals surface area contributed by atoms with E-state index >= 15 is 0 Å². The van der Waals surface area contributed by atoms with E-state index in [2.05, 4.69) is 11.1 Å². The lowest BCUT2D eigenvalue weighted by Gasteiger charge is -2.29. The first-order valence-electron chi connectivity index (χ1n) is 10.2. The van der Waals surface area contributed by atoms with Crippen molar-refractivity contribution in [2.75, 3.05) is 0 Å². The molecule has 0 heterocycles. The first kappa shape index (κ1) is 23.5. The molecular formula is C21H28F3NO3S. The first-order chi connectivity index (χ1) is 13.7. The molecule has 2 rings (SSSR count). The number of alkyl halides is 3. The second-order valence-electron chi connectivity index (χ2n) is 7.77. The van der Waals surface area contributed by atoms with Gasteiger partial charge in [-0.1, -0.05) is 51.5 Å². The lowest BCUT2D eigenvalue weighted by Crippen LogP contribution is -2.28. The standard InChI is InChI=1S/C21H28F3NO3S/c1-2-3-4-5-6-7-16-8-10-17(11-9-16)18-12-13-20(19(14-18)15-25)28-29(26,27)21(22,23)24/h12-14,16-17H,2-11H2,1H3. The molecule has 0 atom stereocenters. The minimum atomic E-state index is -5.79. The third kappa shape index (κ3) is 6.63. The van der Waals surface area contributed by atoms with Crippen molar-refractivity contribution in [3.63, 3.8) is 0 Å². The van der Waals surface area contributed by atoms with Gasteiger partial charge in [0.1, 0.15) is 6.07 Å². The highest BCUT2D eigenvalue weighted by Crippen LogP contribution is 2.39. The summed E-state index contributed by atoms with van der Waals surface area (Å²) < 4.78 is 64.1. The van der Waals surface area contributed by atoms with Crippen LogP contribution in [0.15, 0.2) is 18.2 Å². The molecule has 0 saturated heterocycles. The van der Waals surface area contributed by atoms with Crippen LogP contribution in [0.5, 0.6) is 5.75 Å². The summed E-state index contributed by atoms with van der Waals surface area (Å²) in [7, 11) is -5.79. The molecule has 0 unspecified atom stereocenters. The Hall–Kier alpha value is -1.75. The molecule has 29 heavy (non-hydrogen) atoms. The van der Waals surface area contributed by atoms with Gasteiger partial charge in [0.05, 0.1) is 5.56 Å². The average Bonchev–Trinajstić information content (AvgIpc) is 2.67. The van der Waals surface area contributed by atoms with Crippen molar-refractivity contribution in [1.29, 1.82) is 5.26 Å². The highest BCUT2D eigenvalue weighted by atomic mass is 32.2. The number of unbranched alkanes of at least 4 members (excludes halogenated alkanes) is 4. The topological polar surface area (TPSA) is 67.2 Å². The summed E-state index contributed by atoms with van der Waals surface area (Å²) in [4.78, 5) is 0. The zero-order valence-corrected chi connectivity index (χ0v) is 17.5. The van der Waals surface area contributed by atoms with Crippen molar-refractivity contribution in [3.05, 3.63) is 29.3 Å². The monoisotopic (exact) mass is 431 g/mol. The largest absolute Gasteiger partial charge is 0.534 e. The molecule has 1 saturated carbocycles. The molecule has 0 bridgehead atoms. The predicted molar refractivity (Wildman–Crippen MR) is 105 cm³/mol. The summed E-state index contributed by atoms with van der Waals surface area (Å²) in [5.41, 5.74) is -4.89. The lowest BCUT2D eigenvalue weighted by atomic mass is 9.77. The first-order valence-corrected chi connectivity index (χ1v) is 11.6. The van der Waals surface area contributed by atoms with Gasteiger partial charge in [0.2, 0.25) is 0 Å². The van der Waals surface area contributed by atoms with Gasteiger partial charge in [0, 0.05) is 0 Å². The van der Waals surface area contributed by atoms with E-state index in [0.717, 1.165) is 37.3 Å². The van der Waals surface area contributed by atoms with Crippen LogP contribution in [0.3, 0.4) is 0 Å². The SMILES string of the molecule is CCCCCCCC1CCC(c2ccc(OS(=O)(=O)C(F)(F)F)c(C#N)c2)CC1. The zero-order valence-electron chi connectivity index (χ0n) is 16.7. The van der Waals surface area contributed by atoms with Crippen LogP contribution in [0.25, 0.3) is 0 Å². The van der Waals surface area contributed by atoms with Gasteiger partial charge in [-0.25, -0.2) is 0 Å². The molecule has 1 aromatic rings. The molecule has 1 aliphatic carbocycles. The van der Waals surface area contributed by atoms with E-state index in [1.165, 1.54) is 44.6 Å². The van der Waals surface area contributed by atoms with E-state index in [1.54, 1.807) is 12.1 Å². The minimum Gasteiger partial charge on any atom is -0.375 e. The van der Waals surface area contributed by atoms with E-state index in [9.17, 15) is 26.9 Å². The smallest absolute Gasteiger partial charge is 0.375 e. The Morgan fingerprint density at radius 1 is 1.10 bits per heavy atom. The second-order valence-corrected chi connectivity index (χ2v) is 9.31. The van der Waals surface area contributed by atoms with E-state index < -0.39 is 21.4 Å². The van der Waals surface area contributed by atoms with Gasteiger partial charge in [-0.15, -0.1) is 0 Å². The molecule has 1 fully saturated rings. The summed E-state index contributed by atoms with van der Waals surface area (Å²) >= 11 is 0. The third-order valence-corrected chi connectivity index (χ3v) is 6.61. The van der Waals surface area contributed by atoms with Crippen LogP contribution in [-0.4, -0.2) is 13.9 Å². The van der Waals surface area contributed by atoms with Gasteiger partial charge in [-0.2, -0.15) is 26.9 Å². The van der Waals surface area contributed by atoms with Crippen molar-refractivity contribution >= 4 is 10.1 Å². The average molecular weight is 432 g/mol. The van der Waals surface area contributed by atoms with Crippen LogP contribution in [0.4, 0.5) is 13.2 Å². The Bertz CT molecular complexity index is 807. The fourth-order valence-electron chi connectivity index (χ4n) is 3.95. The highest BCUT2D eigenvalue weighted by Gasteiger charge is 2.48. The Morgan fingerprint density at radius 3 is 2.34 bits per heavy atom. The van der Waals surface area contributed by atoms with E-state index in [1.807, 2.05) is 0 Å². The molecule has 0 N–H and O–H groups in total. The van der Waals surface area contributed by atoms with E-state index in [-0.39, 0.29) is 11.5 Å². The Kier molecular flexibility index (Phi) is 8.38. The molecule has 0 aromatic heterocycles. The lowest BCUT2D eigenvalue weighted by molar-refractivity contribution is -0.0500. The number of halogens is 3. The van der Waals surface area contributed by atoms with Crippen LogP contribution in [-0.2, 0) is 10.1 Å². The normalized spacial score (nSPS) is 20.2. The molecular weight excluding hydrogens is 403 g/mol. The molecule has 0 aliphatic heterocycles. The maximum atomic E-state index is 12.5. The Labute approximate surface area is 171 Å². The number of benzene rings is 1. The van der Waals surface area contributed by atoms with Gasteiger partial charge >= 0.3 is 15.6 Å². The summed E-state index contributed by atoms with van der Waals surface area (Å²) in [5.74, 6) is 0.351. The third-order valence-electron chi connectivity index (χ3n) is 5.64. The molecule has 8 heteroatoms. The van der Waals surface area contributed by atoms with Crippen molar-refractivity contribution in [2.24, 2.45) is 5.92 Å². The van der Waals surface area contributed by atoms with Crippen LogP contribution >= 0.6 is 0 Å². The van der Waals surface area contributed by atoms with Crippen LogP contribution in [0.1, 0.15) is 88.2 Å². The number of hydrogen-bond acceptors (Lipinski definition) is 4. The van der Waals surface area contributed by atoms with Gasteiger partial charge in [-0.3, -0.25) is 0 Å². The molecule has 1 aliphatic rings. The molecule has 0 amide bonds. The number of hydrogen-bond donors (Lipinski definition) is 0. The summed E-state index contributed by atoms with van der Waals surface area (Å²) in [5, 5.41) is 9.24. The van der Waals surface area contributed by atoms with Crippen LogP contribution in [0.2, 0.25) is 0 Å². The Balaban J connectivity index is 1.95. The number of nitriles is 1. The van der Waals surface area contributed by atoms with Gasteiger partial charge < -0.3 is 4.18 Å². The summed E-state index contributed by atoms with van der Waals surface area (Å²) in [6.45, 7) is 2.20. The van der Waals surface area contributed by atoms with E-state index in [4.69, 9.17) is 0 Å². The van der Waals surface area contributed by atoms with Crippen molar-refractivity contribution in [3.8, 4) is 11.8 Å². The molecule has 1 aromatic carbocycles. The quantitative estimate of drug-likeness (QED) is 0.257. The van der Waals surface area contributed by atoms with Crippen LogP contribution in [0, 0.1) is 17.2 Å². The minimum absolute atomic E-state index is 0.201. The van der Waals surface area contributed by atoms with Crippen molar-refractivity contribution in [2.45, 2.75) is 82.6 Å². The van der Waals surface area contributed by atoms with Gasteiger partial charge in [0.15, 0.2) is 5.75 Å². The van der Waals surface area contributed by atoms with E-state index in [0.29, 0.717) is 5.92 Å². The van der Waals surface area contributed by atoms with Gasteiger partial charge in [0.25, 0.3) is 0 Å². The second kappa shape index (κ2) is 10.3. The summed E-state index contributed by atoms with van der Waals surface area (Å²) in [6, 6.07) is 5.92. The molecule has 162 valence electrons. The Morgan fingerprint density at radius 2 is 1.76 bits per heavy atom. The summed E-state index contributed by atoms with van der Waals surface area (Å²) in [6.07, 6.45) is 11.7. The maximum absolute atomic E-state index is 12.5. The number of nitrogens with zero attached hydrogens (tertiary/aromatic N) is 1. The van der Waals surface area contributed by atoms with Crippen molar-refractivity contribution in [1.82, 2.24) is 0 Å². The fraction of sp³-hybridized carbons (Fsp3) is 0.667. The molecule has 0 radical (unpaired) electrons. The predicted octanol–water partition coefficient (Wildman–Crippen LogP) is 6.42. The van der Waals surface area contributed by atoms with Gasteiger partial charge in [-0.05, 0) is 55.2 Å².